The first-order valence-electron chi connectivity index (χ1n) is 5.13. The van der Waals surface area contributed by atoms with Crippen LogP contribution in [0.2, 0.25) is 0 Å². The van der Waals surface area contributed by atoms with Gasteiger partial charge in [-0.15, -0.1) is 0 Å². The van der Waals surface area contributed by atoms with Crippen molar-refractivity contribution in [3.8, 4) is 0 Å². The molecule has 0 heterocycles. The van der Waals surface area contributed by atoms with E-state index in [-0.39, 0.29) is 5.41 Å². The predicted molar refractivity (Wildman–Crippen MR) is 63.2 cm³/mol. The molecular weight excluding hydrogens is 172 g/mol. The lowest BCUT2D eigenvalue weighted by Crippen LogP contribution is -2.18. The third-order valence-corrected chi connectivity index (χ3v) is 2.68. The molecule has 0 aromatic heterocycles. The zero-order valence-corrected chi connectivity index (χ0v) is 9.30. The van der Waals surface area contributed by atoms with Crippen LogP contribution >= 0.6 is 0 Å². The van der Waals surface area contributed by atoms with E-state index in [2.05, 4.69) is 20.8 Å². The van der Waals surface area contributed by atoms with E-state index in [1.807, 2.05) is 18.2 Å². The molecule has 0 aliphatic rings. The van der Waals surface area contributed by atoms with Crippen LogP contribution in [0.1, 0.15) is 39.2 Å². The van der Waals surface area contributed by atoms with Gasteiger partial charge in [0.15, 0.2) is 0 Å². The summed E-state index contributed by atoms with van der Waals surface area (Å²) in [6.45, 7) is 6.60. The summed E-state index contributed by atoms with van der Waals surface area (Å²) in [6, 6.07) is 5.73. The fourth-order valence-electron chi connectivity index (χ4n) is 1.92. The molecule has 2 heteroatoms. The number of anilines is 2. The molecule has 0 unspecified atom stereocenters. The molecule has 0 saturated heterocycles. The fraction of sp³-hybridized carbons (Fsp3) is 0.500. The van der Waals surface area contributed by atoms with Crippen molar-refractivity contribution in [2.24, 2.45) is 0 Å². The number of hydrogen-bond acceptors (Lipinski definition) is 2. The number of benzene rings is 1. The topological polar surface area (TPSA) is 52.0 Å². The Kier molecular flexibility index (Phi) is 3.04. The van der Waals surface area contributed by atoms with Crippen molar-refractivity contribution < 1.29 is 0 Å². The van der Waals surface area contributed by atoms with Gasteiger partial charge in [-0.05, 0) is 35.6 Å². The zero-order chi connectivity index (χ0) is 10.8. The molecule has 78 valence electrons. The highest BCUT2D eigenvalue weighted by Crippen LogP contribution is 2.33. The molecular formula is C12H20N2. The van der Waals surface area contributed by atoms with Gasteiger partial charge >= 0.3 is 0 Å². The van der Waals surface area contributed by atoms with E-state index < -0.39 is 0 Å². The number of nitrogen functional groups attached to an aromatic ring is 2. The summed E-state index contributed by atoms with van der Waals surface area (Å²) in [6.07, 6.45) is 2.28. The van der Waals surface area contributed by atoms with Crippen molar-refractivity contribution in [2.75, 3.05) is 11.5 Å². The predicted octanol–water partition coefficient (Wildman–Crippen LogP) is 2.93. The van der Waals surface area contributed by atoms with Crippen LogP contribution < -0.4 is 11.5 Å². The van der Waals surface area contributed by atoms with Crippen molar-refractivity contribution >= 4 is 11.4 Å². The Balaban J connectivity index is 3.10. The van der Waals surface area contributed by atoms with Crippen LogP contribution in [0.15, 0.2) is 18.2 Å². The highest BCUT2D eigenvalue weighted by molar-refractivity contribution is 5.57. The van der Waals surface area contributed by atoms with E-state index in [4.69, 9.17) is 11.5 Å². The highest BCUT2D eigenvalue weighted by atomic mass is 14.6. The second kappa shape index (κ2) is 3.91. The third-order valence-electron chi connectivity index (χ3n) is 2.68. The molecule has 2 nitrogen and oxygen atoms in total. The standard InChI is InChI=1S/C12H20N2/c1-4-7-12(2,3)10-8-9(13)5-6-11(10)14/h5-6,8H,4,7,13-14H2,1-3H3. The second-order valence-electron chi connectivity index (χ2n) is 4.48. The van der Waals surface area contributed by atoms with Gasteiger partial charge in [0.2, 0.25) is 0 Å². The van der Waals surface area contributed by atoms with Gasteiger partial charge in [-0.2, -0.15) is 0 Å². The lowest BCUT2D eigenvalue weighted by atomic mass is 9.79. The minimum Gasteiger partial charge on any atom is -0.399 e. The van der Waals surface area contributed by atoms with Crippen LogP contribution in [0.5, 0.6) is 0 Å². The average Bonchev–Trinajstić information content (AvgIpc) is 2.09. The molecule has 1 aromatic rings. The van der Waals surface area contributed by atoms with Crippen LogP contribution in [-0.4, -0.2) is 0 Å². The molecule has 0 fully saturated rings. The molecule has 0 saturated carbocycles. The van der Waals surface area contributed by atoms with E-state index in [1.54, 1.807) is 0 Å². The van der Waals surface area contributed by atoms with E-state index in [0.717, 1.165) is 24.2 Å². The van der Waals surface area contributed by atoms with Gasteiger partial charge in [0, 0.05) is 11.4 Å². The number of rotatable bonds is 3. The SMILES string of the molecule is CCCC(C)(C)c1cc(N)ccc1N. The maximum absolute atomic E-state index is 5.95. The second-order valence-corrected chi connectivity index (χ2v) is 4.48. The van der Waals surface area contributed by atoms with Gasteiger partial charge < -0.3 is 11.5 Å². The van der Waals surface area contributed by atoms with Crippen LogP contribution in [0.3, 0.4) is 0 Å². The lowest BCUT2D eigenvalue weighted by Gasteiger charge is -2.26. The molecule has 0 spiro atoms. The quantitative estimate of drug-likeness (QED) is 0.723. The summed E-state index contributed by atoms with van der Waals surface area (Å²) in [5.41, 5.74) is 14.6. The minimum atomic E-state index is 0.119. The molecule has 1 rings (SSSR count). The Morgan fingerprint density at radius 1 is 1.21 bits per heavy atom. The molecule has 14 heavy (non-hydrogen) atoms. The van der Waals surface area contributed by atoms with Crippen LogP contribution in [0.25, 0.3) is 0 Å². The molecule has 0 aliphatic carbocycles. The maximum Gasteiger partial charge on any atom is 0.0353 e. The van der Waals surface area contributed by atoms with Gasteiger partial charge in [0.05, 0.1) is 0 Å². The first-order valence-corrected chi connectivity index (χ1v) is 5.13. The van der Waals surface area contributed by atoms with Gasteiger partial charge in [0.1, 0.15) is 0 Å². The van der Waals surface area contributed by atoms with Crippen LogP contribution in [0.4, 0.5) is 11.4 Å². The van der Waals surface area contributed by atoms with E-state index in [0.29, 0.717) is 0 Å². The summed E-state index contributed by atoms with van der Waals surface area (Å²) in [5, 5.41) is 0. The molecule has 4 N–H and O–H groups in total. The largest absolute Gasteiger partial charge is 0.399 e. The van der Waals surface area contributed by atoms with Crippen molar-refractivity contribution in [1.82, 2.24) is 0 Å². The summed E-state index contributed by atoms with van der Waals surface area (Å²) in [4.78, 5) is 0. The van der Waals surface area contributed by atoms with Crippen LogP contribution in [-0.2, 0) is 5.41 Å². The maximum atomic E-state index is 5.95. The van der Waals surface area contributed by atoms with Crippen LogP contribution in [0, 0.1) is 0 Å². The van der Waals surface area contributed by atoms with Crippen molar-refractivity contribution in [3.05, 3.63) is 23.8 Å². The molecule has 0 amide bonds. The Morgan fingerprint density at radius 2 is 1.86 bits per heavy atom. The Labute approximate surface area is 86.3 Å². The molecule has 0 aliphatic heterocycles. The molecule has 0 radical (unpaired) electrons. The van der Waals surface area contributed by atoms with Crippen molar-refractivity contribution in [3.63, 3.8) is 0 Å². The normalized spacial score (nSPS) is 11.6. The zero-order valence-electron chi connectivity index (χ0n) is 9.30. The summed E-state index contributed by atoms with van der Waals surface area (Å²) in [7, 11) is 0. The van der Waals surface area contributed by atoms with Gasteiger partial charge in [0.25, 0.3) is 0 Å². The molecule has 0 atom stereocenters. The van der Waals surface area contributed by atoms with Gasteiger partial charge in [-0.1, -0.05) is 27.2 Å². The summed E-state index contributed by atoms with van der Waals surface area (Å²) >= 11 is 0. The first-order chi connectivity index (χ1) is 6.47. The minimum absolute atomic E-state index is 0.119. The average molecular weight is 192 g/mol. The van der Waals surface area contributed by atoms with E-state index in [1.165, 1.54) is 5.56 Å². The van der Waals surface area contributed by atoms with E-state index >= 15 is 0 Å². The Morgan fingerprint density at radius 3 is 2.43 bits per heavy atom. The Bertz CT molecular complexity index is 316. The van der Waals surface area contributed by atoms with Gasteiger partial charge in [-0.3, -0.25) is 0 Å². The van der Waals surface area contributed by atoms with Gasteiger partial charge in [-0.25, -0.2) is 0 Å². The number of nitrogens with two attached hydrogens (primary N) is 2. The smallest absolute Gasteiger partial charge is 0.0353 e. The fourth-order valence-corrected chi connectivity index (χ4v) is 1.92. The summed E-state index contributed by atoms with van der Waals surface area (Å²) < 4.78 is 0. The Hall–Kier alpha value is -1.18. The van der Waals surface area contributed by atoms with Crippen molar-refractivity contribution in [2.45, 2.75) is 39.0 Å². The first kappa shape index (κ1) is 10.9. The third kappa shape index (κ3) is 2.19. The monoisotopic (exact) mass is 192 g/mol. The number of hydrogen-bond donors (Lipinski definition) is 2. The lowest BCUT2D eigenvalue weighted by molar-refractivity contribution is 0.475. The molecule has 1 aromatic carbocycles. The highest BCUT2D eigenvalue weighted by Gasteiger charge is 2.21. The van der Waals surface area contributed by atoms with Crippen molar-refractivity contribution in [1.29, 1.82) is 0 Å². The summed E-state index contributed by atoms with van der Waals surface area (Å²) in [5.74, 6) is 0. The van der Waals surface area contributed by atoms with E-state index in [9.17, 15) is 0 Å². The molecule has 0 bridgehead atoms.